The molecule has 0 bridgehead atoms. The summed E-state index contributed by atoms with van der Waals surface area (Å²) in [5, 5.41) is 22.9. The maximum Gasteiger partial charge on any atom is 0.269 e. The summed E-state index contributed by atoms with van der Waals surface area (Å²) in [5.74, 6) is 0.0945. The predicted molar refractivity (Wildman–Crippen MR) is 119 cm³/mol. The van der Waals surface area contributed by atoms with Crippen LogP contribution in [0.2, 0.25) is 5.02 Å². The number of amides is 1. The Balaban J connectivity index is 1.80. The van der Waals surface area contributed by atoms with Gasteiger partial charge in [-0.05, 0) is 43.0 Å². The standard InChI is InChI=1S/C20H17ClN6O3S/c1-11-16(18(28)23-14-8-6-13(21)7-9-14)17(12-4-3-5-15(10-12)27(29)30)26-19(22-11)24-20(25-26)31-2/h3-10,17H,1-2H3,(H,23,28)(H,22,24,25)/t17-/m0/s1. The van der Waals surface area contributed by atoms with Gasteiger partial charge in [-0.2, -0.15) is 4.98 Å². The summed E-state index contributed by atoms with van der Waals surface area (Å²) in [5.41, 5.74) is 2.01. The van der Waals surface area contributed by atoms with Crippen molar-refractivity contribution in [1.29, 1.82) is 0 Å². The molecule has 1 aromatic heterocycles. The summed E-state index contributed by atoms with van der Waals surface area (Å²) >= 11 is 7.29. The van der Waals surface area contributed by atoms with Crippen LogP contribution in [0.1, 0.15) is 18.5 Å². The number of benzene rings is 2. The van der Waals surface area contributed by atoms with Crippen LogP contribution in [0.3, 0.4) is 0 Å². The number of aromatic nitrogens is 3. The van der Waals surface area contributed by atoms with Crippen LogP contribution in [-0.4, -0.2) is 31.9 Å². The van der Waals surface area contributed by atoms with Gasteiger partial charge in [-0.15, -0.1) is 5.10 Å². The molecule has 2 aromatic carbocycles. The Morgan fingerprint density at radius 2 is 2.03 bits per heavy atom. The molecule has 1 aliphatic heterocycles. The molecule has 0 unspecified atom stereocenters. The first-order valence-corrected chi connectivity index (χ1v) is 10.8. The minimum absolute atomic E-state index is 0.0714. The monoisotopic (exact) mass is 456 g/mol. The van der Waals surface area contributed by atoms with Gasteiger partial charge in [0.05, 0.1) is 10.5 Å². The van der Waals surface area contributed by atoms with Crippen LogP contribution in [0.5, 0.6) is 0 Å². The number of nitro groups is 1. The van der Waals surface area contributed by atoms with E-state index in [1.54, 1.807) is 48.0 Å². The average molecular weight is 457 g/mol. The van der Waals surface area contributed by atoms with E-state index in [2.05, 4.69) is 20.7 Å². The van der Waals surface area contributed by atoms with Crippen molar-refractivity contribution >= 4 is 46.6 Å². The molecule has 158 valence electrons. The van der Waals surface area contributed by atoms with Crippen LogP contribution >= 0.6 is 23.4 Å². The quantitative estimate of drug-likeness (QED) is 0.330. The second-order valence-electron chi connectivity index (χ2n) is 6.75. The van der Waals surface area contributed by atoms with Gasteiger partial charge in [0.15, 0.2) is 0 Å². The maximum absolute atomic E-state index is 13.3. The SMILES string of the molecule is CSc1nc2n(n1)[C@@H](c1cccc([N+](=O)[O-])c1)C(C(=O)Nc1ccc(Cl)cc1)=C(C)N2. The summed E-state index contributed by atoms with van der Waals surface area (Å²) in [6.07, 6.45) is 1.85. The summed E-state index contributed by atoms with van der Waals surface area (Å²) < 4.78 is 1.58. The third-order valence-electron chi connectivity index (χ3n) is 4.76. The Kier molecular flexibility index (Phi) is 5.66. The van der Waals surface area contributed by atoms with Crippen LogP contribution in [0.15, 0.2) is 65.0 Å². The van der Waals surface area contributed by atoms with Crippen molar-refractivity contribution in [3.05, 3.63) is 80.5 Å². The van der Waals surface area contributed by atoms with Crippen LogP contribution in [-0.2, 0) is 4.79 Å². The molecule has 31 heavy (non-hydrogen) atoms. The third kappa shape index (κ3) is 4.12. The number of anilines is 2. The molecule has 3 aromatic rings. The van der Waals surface area contributed by atoms with E-state index in [0.29, 0.717) is 38.6 Å². The fraction of sp³-hybridized carbons (Fsp3) is 0.150. The van der Waals surface area contributed by atoms with Crippen molar-refractivity contribution in [1.82, 2.24) is 14.8 Å². The number of hydrogen-bond acceptors (Lipinski definition) is 7. The summed E-state index contributed by atoms with van der Waals surface area (Å²) in [4.78, 5) is 28.6. The molecule has 1 aliphatic rings. The van der Waals surface area contributed by atoms with Gasteiger partial charge in [-0.25, -0.2) is 4.68 Å². The number of nitrogens with one attached hydrogen (secondary N) is 2. The van der Waals surface area contributed by atoms with Crippen molar-refractivity contribution in [2.75, 3.05) is 16.9 Å². The molecule has 1 amide bonds. The number of nitrogens with zero attached hydrogens (tertiary/aromatic N) is 4. The second kappa shape index (κ2) is 8.40. The Morgan fingerprint density at radius 3 is 2.71 bits per heavy atom. The molecule has 0 spiro atoms. The van der Waals surface area contributed by atoms with Gasteiger partial charge in [0, 0.05) is 28.5 Å². The van der Waals surface area contributed by atoms with Gasteiger partial charge in [-0.3, -0.25) is 14.9 Å². The lowest BCUT2D eigenvalue weighted by Gasteiger charge is -2.28. The zero-order valence-electron chi connectivity index (χ0n) is 16.5. The number of fused-ring (bicyclic) bond motifs is 1. The summed E-state index contributed by atoms with van der Waals surface area (Å²) in [6.45, 7) is 1.76. The van der Waals surface area contributed by atoms with Crippen LogP contribution in [0.25, 0.3) is 0 Å². The Labute approximate surface area is 186 Å². The molecular formula is C20H17ClN6O3S. The van der Waals surface area contributed by atoms with Crippen LogP contribution < -0.4 is 10.6 Å². The van der Waals surface area contributed by atoms with Gasteiger partial charge < -0.3 is 10.6 Å². The van der Waals surface area contributed by atoms with Crippen molar-refractivity contribution in [3.8, 4) is 0 Å². The topological polar surface area (TPSA) is 115 Å². The van der Waals surface area contributed by atoms with Gasteiger partial charge in [0.2, 0.25) is 11.1 Å². The van der Waals surface area contributed by atoms with Gasteiger partial charge in [0.1, 0.15) is 6.04 Å². The van der Waals surface area contributed by atoms with E-state index in [4.69, 9.17) is 11.6 Å². The molecule has 0 saturated carbocycles. The molecule has 4 rings (SSSR count). The lowest BCUT2D eigenvalue weighted by Crippen LogP contribution is -2.31. The van der Waals surface area contributed by atoms with Gasteiger partial charge in [0.25, 0.3) is 11.6 Å². The van der Waals surface area contributed by atoms with E-state index in [9.17, 15) is 14.9 Å². The number of halogens is 1. The molecule has 0 fully saturated rings. The van der Waals surface area contributed by atoms with E-state index in [1.807, 2.05) is 6.26 Å². The maximum atomic E-state index is 13.3. The largest absolute Gasteiger partial charge is 0.328 e. The number of carbonyl (C=O) groups excluding carboxylic acids is 1. The number of non-ortho nitro benzene ring substituents is 1. The molecule has 9 nitrogen and oxygen atoms in total. The number of carbonyl (C=O) groups is 1. The summed E-state index contributed by atoms with van der Waals surface area (Å²) in [6, 6.07) is 12.2. The van der Waals surface area contributed by atoms with E-state index < -0.39 is 11.0 Å². The van der Waals surface area contributed by atoms with Crippen LogP contribution in [0.4, 0.5) is 17.3 Å². The van der Waals surface area contributed by atoms with Crippen molar-refractivity contribution in [3.63, 3.8) is 0 Å². The van der Waals surface area contributed by atoms with Gasteiger partial charge in [-0.1, -0.05) is 35.5 Å². The molecule has 11 heteroatoms. The second-order valence-corrected chi connectivity index (χ2v) is 7.96. The molecule has 2 N–H and O–H groups in total. The molecular weight excluding hydrogens is 440 g/mol. The number of hydrogen-bond donors (Lipinski definition) is 2. The molecule has 0 radical (unpaired) electrons. The van der Waals surface area contributed by atoms with Crippen molar-refractivity contribution in [2.45, 2.75) is 18.1 Å². The smallest absolute Gasteiger partial charge is 0.269 e. The van der Waals surface area contributed by atoms with E-state index in [0.717, 1.165) is 0 Å². The highest BCUT2D eigenvalue weighted by Gasteiger charge is 2.35. The van der Waals surface area contributed by atoms with Crippen molar-refractivity contribution < 1.29 is 9.72 Å². The van der Waals surface area contributed by atoms with E-state index in [-0.39, 0.29) is 11.6 Å². The lowest BCUT2D eigenvalue weighted by molar-refractivity contribution is -0.384. The molecule has 1 atom stereocenters. The highest BCUT2D eigenvalue weighted by atomic mass is 35.5. The third-order valence-corrected chi connectivity index (χ3v) is 5.55. The highest BCUT2D eigenvalue weighted by Crippen LogP contribution is 2.37. The minimum atomic E-state index is -0.697. The minimum Gasteiger partial charge on any atom is -0.328 e. The molecule has 0 aliphatic carbocycles. The Bertz CT molecular complexity index is 1210. The Hall–Kier alpha value is -3.37. The fourth-order valence-corrected chi connectivity index (χ4v) is 3.83. The zero-order chi connectivity index (χ0) is 22.1. The number of thioether (sulfide) groups is 1. The van der Waals surface area contributed by atoms with E-state index in [1.165, 1.54) is 23.9 Å². The lowest BCUT2D eigenvalue weighted by atomic mass is 9.94. The van der Waals surface area contributed by atoms with Crippen LogP contribution in [0, 0.1) is 10.1 Å². The molecule has 2 heterocycles. The van der Waals surface area contributed by atoms with E-state index >= 15 is 0 Å². The summed E-state index contributed by atoms with van der Waals surface area (Å²) in [7, 11) is 0. The normalized spacial score (nSPS) is 15.3. The molecule has 0 saturated heterocycles. The first-order valence-electron chi connectivity index (χ1n) is 9.17. The zero-order valence-corrected chi connectivity index (χ0v) is 18.1. The number of nitro benzene ring substituents is 1. The number of rotatable bonds is 5. The average Bonchev–Trinajstić information content (AvgIpc) is 3.17. The first-order chi connectivity index (χ1) is 14.9. The van der Waals surface area contributed by atoms with Crippen molar-refractivity contribution in [2.24, 2.45) is 0 Å². The van der Waals surface area contributed by atoms with Gasteiger partial charge >= 0.3 is 0 Å². The number of allylic oxidation sites excluding steroid dienone is 1. The fourth-order valence-electron chi connectivity index (χ4n) is 3.36. The predicted octanol–water partition coefficient (Wildman–Crippen LogP) is 4.49. The Morgan fingerprint density at radius 1 is 1.29 bits per heavy atom. The highest BCUT2D eigenvalue weighted by molar-refractivity contribution is 7.98. The first kappa shape index (κ1) is 20.9.